The van der Waals surface area contributed by atoms with E-state index in [1.54, 1.807) is 21.8 Å². The molecule has 7 aromatic carbocycles. The average molecular weight is 799 g/mol. The number of benzene rings is 7. The fourth-order valence-corrected chi connectivity index (χ4v) is 16.0. The number of rotatable bonds is 8. The Balaban J connectivity index is 0.000000336. The first kappa shape index (κ1) is 35.4. The van der Waals surface area contributed by atoms with E-state index in [2.05, 4.69) is 182 Å². The summed E-state index contributed by atoms with van der Waals surface area (Å²) < 4.78 is 6.61. The van der Waals surface area contributed by atoms with Crippen LogP contribution in [0.1, 0.15) is 18.4 Å². The Kier molecular flexibility index (Phi) is 12.0. The molecule has 1 atom stereocenters. The molecule has 0 saturated heterocycles. The molecular formula is C45H39NOP2Te. The van der Waals surface area contributed by atoms with Crippen molar-refractivity contribution < 1.29 is 5.11 Å². The maximum absolute atomic E-state index is 10.9. The van der Waals surface area contributed by atoms with Gasteiger partial charge in [0.2, 0.25) is 0 Å². The normalized spacial score (nSPS) is 11.7. The average Bonchev–Trinajstić information content (AvgIpc) is 3.21. The molecular weight excluding hydrogens is 760 g/mol. The summed E-state index contributed by atoms with van der Waals surface area (Å²) in [6, 6.07) is 75.5. The van der Waals surface area contributed by atoms with Crippen LogP contribution in [0.5, 0.6) is 0 Å². The van der Waals surface area contributed by atoms with Crippen molar-refractivity contribution in [2.75, 3.05) is 0 Å². The van der Waals surface area contributed by atoms with Gasteiger partial charge in [0.15, 0.2) is 0 Å². The summed E-state index contributed by atoms with van der Waals surface area (Å²) in [6.07, 6.45) is 0. The zero-order valence-electron chi connectivity index (χ0n) is 27.9. The van der Waals surface area contributed by atoms with Crippen LogP contribution in [0.3, 0.4) is 0 Å². The van der Waals surface area contributed by atoms with Crippen molar-refractivity contribution in [2.45, 2.75) is 12.8 Å². The first-order chi connectivity index (χ1) is 24.6. The molecule has 0 spiro atoms. The van der Waals surface area contributed by atoms with Gasteiger partial charge in [0.1, 0.15) is 0 Å². The van der Waals surface area contributed by atoms with Crippen LogP contribution in [0.4, 0.5) is 0 Å². The van der Waals surface area contributed by atoms with Gasteiger partial charge in [0.05, 0.1) is 31.8 Å². The SMILES string of the molecule is CC(C([O-])=[Te])c1ccccc1.c1ccc(P(=[N+]=P(c2ccccc2)(c2ccccc2)c2ccccc2)(c2ccccc2)c2ccccc2)cc1. The van der Waals surface area contributed by atoms with Gasteiger partial charge in [-0.25, -0.2) is 0 Å². The van der Waals surface area contributed by atoms with E-state index in [9.17, 15) is 5.11 Å². The molecule has 5 heteroatoms. The van der Waals surface area contributed by atoms with Crippen LogP contribution in [0, 0.1) is 0 Å². The molecule has 0 amide bonds. The van der Waals surface area contributed by atoms with Crippen molar-refractivity contribution >= 4 is 71.5 Å². The van der Waals surface area contributed by atoms with Crippen molar-refractivity contribution in [3.63, 3.8) is 0 Å². The molecule has 7 aromatic rings. The van der Waals surface area contributed by atoms with E-state index in [-0.39, 0.29) is 9.65 Å². The molecule has 0 heterocycles. The van der Waals surface area contributed by atoms with Gasteiger partial charge in [0, 0.05) is 0 Å². The van der Waals surface area contributed by atoms with Crippen molar-refractivity contribution in [3.8, 4) is 0 Å². The van der Waals surface area contributed by atoms with Crippen LogP contribution in [0.15, 0.2) is 212 Å². The fraction of sp³-hybridized carbons (Fsp3) is 0.0444. The second-order valence-corrected chi connectivity index (χ2v) is 19.3. The molecule has 0 aliphatic carbocycles. The number of nitrogens with zero attached hydrogens (tertiary/aromatic N) is 1. The van der Waals surface area contributed by atoms with Gasteiger partial charge >= 0.3 is 93.5 Å². The van der Waals surface area contributed by atoms with E-state index in [4.69, 9.17) is 4.17 Å². The molecule has 0 bridgehead atoms. The zero-order valence-corrected chi connectivity index (χ0v) is 32.1. The smallest absolute Gasteiger partial charge is 0.148 e. The fourth-order valence-electron chi connectivity index (χ4n) is 6.15. The van der Waals surface area contributed by atoms with Crippen LogP contribution < -0.4 is 41.1 Å². The molecule has 0 saturated carbocycles. The maximum atomic E-state index is 10.9. The van der Waals surface area contributed by atoms with Crippen LogP contribution in [0.2, 0.25) is 0 Å². The largest absolute Gasteiger partial charge is 0.301 e. The molecule has 0 aliphatic heterocycles. The summed E-state index contributed by atoms with van der Waals surface area (Å²) in [5.41, 5.74) is 1.10. The minimum Gasteiger partial charge on any atom is -0.148 e. The van der Waals surface area contributed by atoms with Crippen molar-refractivity contribution in [3.05, 3.63) is 218 Å². The predicted octanol–water partition coefficient (Wildman–Crippen LogP) is 6.86. The molecule has 50 heavy (non-hydrogen) atoms. The van der Waals surface area contributed by atoms with E-state index in [1.165, 1.54) is 31.8 Å². The molecule has 0 aliphatic rings. The van der Waals surface area contributed by atoms with E-state index in [0.29, 0.717) is 0 Å². The van der Waals surface area contributed by atoms with Gasteiger partial charge in [0.25, 0.3) is 0 Å². The van der Waals surface area contributed by atoms with Crippen LogP contribution in [-0.4, -0.2) is 25.6 Å². The zero-order chi connectivity index (χ0) is 34.7. The third kappa shape index (κ3) is 7.65. The first-order valence-electron chi connectivity index (χ1n) is 16.7. The van der Waals surface area contributed by atoms with E-state index in [0.717, 1.165) is 5.56 Å². The van der Waals surface area contributed by atoms with Crippen LogP contribution >= 0.6 is 14.1 Å². The van der Waals surface area contributed by atoms with E-state index in [1.807, 2.05) is 37.3 Å². The summed E-state index contributed by atoms with van der Waals surface area (Å²) in [4.78, 5) is 0. The maximum Gasteiger partial charge on any atom is 0.301 e. The third-order valence-electron chi connectivity index (χ3n) is 8.70. The van der Waals surface area contributed by atoms with Gasteiger partial charge < -0.3 is 0 Å². The monoisotopic (exact) mass is 801 g/mol. The topological polar surface area (TPSA) is 37.2 Å². The summed E-state index contributed by atoms with van der Waals surface area (Å²) in [5.74, 6) is 0.0426. The molecule has 7 rings (SSSR count). The summed E-state index contributed by atoms with van der Waals surface area (Å²) in [6.45, 7) is 1.93. The molecule has 0 aromatic heterocycles. The minimum atomic E-state index is -2.50. The summed E-state index contributed by atoms with van der Waals surface area (Å²) >= 11 is 1.55. The second-order valence-electron chi connectivity index (χ2n) is 11.8. The first-order valence-corrected chi connectivity index (χ1v) is 21.3. The van der Waals surface area contributed by atoms with Gasteiger partial charge in [-0.3, -0.25) is 0 Å². The quantitative estimate of drug-likeness (QED) is 0.0942. The van der Waals surface area contributed by atoms with Crippen LogP contribution in [-0.2, 0) is 0 Å². The molecule has 1 unspecified atom stereocenters. The Morgan fingerprint density at radius 1 is 0.400 bits per heavy atom. The molecule has 2 nitrogen and oxygen atoms in total. The van der Waals surface area contributed by atoms with Gasteiger partial charge in [-0.05, 0) is 72.8 Å². The molecule has 0 fully saturated rings. The Bertz CT molecular complexity index is 1890. The van der Waals surface area contributed by atoms with Gasteiger partial charge in [-0.1, -0.05) is 109 Å². The van der Waals surface area contributed by atoms with Gasteiger partial charge in [-0.2, -0.15) is 0 Å². The third-order valence-corrected chi connectivity index (χ3v) is 18.1. The Hall–Kier alpha value is -4.43. The minimum absolute atomic E-state index is 0.0426. The van der Waals surface area contributed by atoms with Crippen LogP contribution in [0.25, 0.3) is 0 Å². The Labute approximate surface area is 309 Å². The Morgan fingerprint density at radius 2 is 0.600 bits per heavy atom. The van der Waals surface area contributed by atoms with Crippen molar-refractivity contribution in [1.29, 1.82) is 0 Å². The second kappa shape index (κ2) is 17.0. The standard InChI is InChI=1S/C36H30NP2.C9H10OTe/c1-7-19-31(20-8-1)38(32-21-9-2-10-22-32,33-23-11-3-12-24-33)37-39(34-25-13-4-14-26-34,35-27-15-5-16-28-35)36-29-17-6-18-30-36;1-7(9(10)11)8-5-3-2-4-6-8/h1-30H;2-7H,1H3,(H,10,11)/q+1;/p-1. The number of hydrogen-bond donors (Lipinski definition) is 0. The summed E-state index contributed by atoms with van der Waals surface area (Å²) in [5, 5.41) is 18.5. The Morgan fingerprint density at radius 3 is 0.800 bits per heavy atom. The van der Waals surface area contributed by atoms with E-state index < -0.39 is 14.1 Å². The molecule has 0 N–H and O–H groups in total. The van der Waals surface area contributed by atoms with Crippen molar-refractivity contribution in [2.24, 2.45) is 0 Å². The van der Waals surface area contributed by atoms with Gasteiger partial charge in [-0.15, -0.1) is 4.17 Å². The van der Waals surface area contributed by atoms with Crippen molar-refractivity contribution in [1.82, 2.24) is 4.17 Å². The number of hydrogen-bond acceptors (Lipinski definition) is 1. The molecule has 0 radical (unpaired) electrons. The predicted molar refractivity (Wildman–Crippen MR) is 218 cm³/mol. The van der Waals surface area contributed by atoms with E-state index >= 15 is 0 Å². The molecule has 246 valence electrons. The summed E-state index contributed by atoms with van der Waals surface area (Å²) in [7, 11) is -4.99.